The Balaban J connectivity index is 1.67. The standard InChI is InChI=1S/C18H20N2O5/c1-13(21)19-9-10-20(12-14(22)11-19)18(23)16-7-8-17(25-16)24-15-5-3-2-4-6-15/h2-8,14,22H,9-12H2,1H3/t14-/m1/s1. The first kappa shape index (κ1) is 17.0. The van der Waals surface area contributed by atoms with Gasteiger partial charge in [-0.2, -0.15) is 0 Å². The van der Waals surface area contributed by atoms with Gasteiger partial charge in [0.25, 0.3) is 11.9 Å². The van der Waals surface area contributed by atoms with Gasteiger partial charge < -0.3 is 24.1 Å². The second-order valence-corrected chi connectivity index (χ2v) is 5.90. The van der Waals surface area contributed by atoms with Gasteiger partial charge in [0.05, 0.1) is 6.10 Å². The summed E-state index contributed by atoms with van der Waals surface area (Å²) in [5.41, 5.74) is 0. The van der Waals surface area contributed by atoms with E-state index in [9.17, 15) is 14.7 Å². The van der Waals surface area contributed by atoms with E-state index in [0.717, 1.165) is 0 Å². The maximum Gasteiger partial charge on any atom is 0.290 e. The average molecular weight is 344 g/mol. The lowest BCUT2D eigenvalue weighted by atomic mass is 10.3. The number of aliphatic hydroxyl groups excluding tert-OH is 1. The molecule has 25 heavy (non-hydrogen) atoms. The number of carbonyl (C=O) groups excluding carboxylic acids is 2. The minimum atomic E-state index is -0.787. The van der Waals surface area contributed by atoms with Crippen molar-refractivity contribution in [3.63, 3.8) is 0 Å². The quantitative estimate of drug-likeness (QED) is 0.917. The predicted octanol–water partition coefficient (Wildman–Crippen LogP) is 1.74. The maximum atomic E-state index is 12.6. The fraction of sp³-hybridized carbons (Fsp3) is 0.333. The smallest absolute Gasteiger partial charge is 0.290 e. The molecule has 0 radical (unpaired) electrons. The van der Waals surface area contributed by atoms with Crippen molar-refractivity contribution in [3.05, 3.63) is 48.2 Å². The Hall–Kier alpha value is -2.80. The Morgan fingerprint density at radius 3 is 2.48 bits per heavy atom. The monoisotopic (exact) mass is 344 g/mol. The van der Waals surface area contributed by atoms with E-state index in [-0.39, 0.29) is 36.6 Å². The number of benzene rings is 1. The fourth-order valence-corrected chi connectivity index (χ4v) is 2.71. The minimum Gasteiger partial charge on any atom is -0.426 e. The van der Waals surface area contributed by atoms with Gasteiger partial charge in [-0.25, -0.2) is 0 Å². The van der Waals surface area contributed by atoms with Crippen LogP contribution in [0.5, 0.6) is 11.7 Å². The average Bonchev–Trinajstić information content (AvgIpc) is 2.96. The third-order valence-corrected chi connectivity index (χ3v) is 3.99. The number of carbonyl (C=O) groups is 2. The number of para-hydroxylation sites is 1. The summed E-state index contributed by atoms with van der Waals surface area (Å²) in [6, 6.07) is 12.2. The van der Waals surface area contributed by atoms with Gasteiger partial charge in [-0.05, 0) is 18.2 Å². The molecule has 1 fully saturated rings. The summed E-state index contributed by atoms with van der Waals surface area (Å²) in [5.74, 6) is 0.500. The Morgan fingerprint density at radius 2 is 1.76 bits per heavy atom. The zero-order chi connectivity index (χ0) is 17.8. The second kappa shape index (κ2) is 7.40. The second-order valence-electron chi connectivity index (χ2n) is 5.90. The summed E-state index contributed by atoms with van der Waals surface area (Å²) in [7, 11) is 0. The van der Waals surface area contributed by atoms with Gasteiger partial charge in [-0.15, -0.1) is 0 Å². The maximum absolute atomic E-state index is 12.6. The number of aliphatic hydroxyl groups is 1. The van der Waals surface area contributed by atoms with Crippen molar-refractivity contribution in [2.45, 2.75) is 13.0 Å². The SMILES string of the molecule is CC(=O)N1CCN(C(=O)c2ccc(Oc3ccccc3)o2)C[C@H](O)C1. The van der Waals surface area contributed by atoms with Crippen LogP contribution >= 0.6 is 0 Å². The molecule has 0 bridgehead atoms. The van der Waals surface area contributed by atoms with Gasteiger partial charge in [0.15, 0.2) is 5.76 Å². The van der Waals surface area contributed by atoms with E-state index in [4.69, 9.17) is 9.15 Å². The molecule has 0 aliphatic carbocycles. The summed E-state index contributed by atoms with van der Waals surface area (Å²) >= 11 is 0. The molecule has 3 rings (SSSR count). The third-order valence-electron chi connectivity index (χ3n) is 3.99. The molecular formula is C18H20N2O5. The van der Waals surface area contributed by atoms with Crippen LogP contribution in [0, 0.1) is 0 Å². The van der Waals surface area contributed by atoms with Crippen molar-refractivity contribution in [3.8, 4) is 11.7 Å². The number of hydrogen-bond donors (Lipinski definition) is 1. The third kappa shape index (κ3) is 4.19. The van der Waals surface area contributed by atoms with Crippen LogP contribution in [-0.4, -0.2) is 59.0 Å². The molecule has 132 valence electrons. The number of ether oxygens (including phenoxy) is 1. The number of nitrogens with zero attached hydrogens (tertiary/aromatic N) is 2. The zero-order valence-electron chi connectivity index (χ0n) is 13.9. The molecule has 2 heterocycles. The van der Waals surface area contributed by atoms with Crippen LogP contribution in [-0.2, 0) is 4.79 Å². The van der Waals surface area contributed by atoms with E-state index in [0.29, 0.717) is 18.8 Å². The van der Waals surface area contributed by atoms with Crippen LogP contribution in [0.3, 0.4) is 0 Å². The summed E-state index contributed by atoms with van der Waals surface area (Å²) < 4.78 is 11.0. The van der Waals surface area contributed by atoms with E-state index in [2.05, 4.69) is 0 Å². The van der Waals surface area contributed by atoms with Crippen LogP contribution in [0.2, 0.25) is 0 Å². The Bertz CT molecular complexity index is 743. The van der Waals surface area contributed by atoms with Gasteiger partial charge in [0, 0.05) is 39.2 Å². The Labute approximate surface area is 145 Å². The molecule has 0 saturated carbocycles. The molecule has 7 heteroatoms. The zero-order valence-corrected chi connectivity index (χ0v) is 13.9. The lowest BCUT2D eigenvalue weighted by Gasteiger charge is -2.20. The molecular weight excluding hydrogens is 324 g/mol. The molecule has 0 spiro atoms. The number of furan rings is 1. The van der Waals surface area contributed by atoms with Crippen molar-refractivity contribution in [1.82, 2.24) is 9.80 Å². The molecule has 1 saturated heterocycles. The first-order valence-corrected chi connectivity index (χ1v) is 8.08. The minimum absolute atomic E-state index is 0.120. The summed E-state index contributed by atoms with van der Waals surface area (Å²) in [4.78, 5) is 27.1. The van der Waals surface area contributed by atoms with Gasteiger partial charge in [0.1, 0.15) is 5.75 Å². The van der Waals surface area contributed by atoms with Crippen molar-refractivity contribution in [2.24, 2.45) is 0 Å². The Kier molecular flexibility index (Phi) is 5.04. The summed E-state index contributed by atoms with van der Waals surface area (Å²) in [6.45, 7) is 2.54. The molecule has 0 unspecified atom stereocenters. The fourth-order valence-electron chi connectivity index (χ4n) is 2.71. The molecule has 7 nitrogen and oxygen atoms in total. The largest absolute Gasteiger partial charge is 0.426 e. The van der Waals surface area contributed by atoms with Gasteiger partial charge in [-0.3, -0.25) is 9.59 Å². The first-order chi connectivity index (χ1) is 12.0. The molecule has 1 aliphatic heterocycles. The molecule has 1 aromatic carbocycles. The van der Waals surface area contributed by atoms with E-state index < -0.39 is 6.10 Å². The predicted molar refractivity (Wildman–Crippen MR) is 89.4 cm³/mol. The van der Waals surface area contributed by atoms with E-state index >= 15 is 0 Å². The first-order valence-electron chi connectivity index (χ1n) is 8.08. The highest BCUT2D eigenvalue weighted by Gasteiger charge is 2.27. The highest BCUT2D eigenvalue weighted by atomic mass is 16.6. The molecule has 1 aromatic heterocycles. The lowest BCUT2D eigenvalue weighted by Crippen LogP contribution is -2.37. The van der Waals surface area contributed by atoms with Crippen molar-refractivity contribution < 1.29 is 23.8 Å². The van der Waals surface area contributed by atoms with Crippen LogP contribution in [0.25, 0.3) is 0 Å². The van der Waals surface area contributed by atoms with E-state index in [1.54, 1.807) is 24.3 Å². The summed E-state index contributed by atoms with van der Waals surface area (Å²) in [5, 5.41) is 10.0. The van der Waals surface area contributed by atoms with Gasteiger partial charge in [-0.1, -0.05) is 18.2 Å². The number of amides is 2. The van der Waals surface area contributed by atoms with Crippen molar-refractivity contribution >= 4 is 11.8 Å². The highest BCUT2D eigenvalue weighted by Crippen LogP contribution is 2.24. The molecule has 1 atom stereocenters. The summed E-state index contributed by atoms with van der Waals surface area (Å²) in [6.07, 6.45) is -0.787. The normalized spacial score (nSPS) is 17.9. The van der Waals surface area contributed by atoms with Crippen molar-refractivity contribution in [2.75, 3.05) is 26.2 Å². The molecule has 1 N–H and O–H groups in total. The topological polar surface area (TPSA) is 83.2 Å². The number of hydrogen-bond acceptors (Lipinski definition) is 5. The van der Waals surface area contributed by atoms with Crippen LogP contribution < -0.4 is 4.74 Å². The van der Waals surface area contributed by atoms with Crippen LogP contribution in [0.4, 0.5) is 0 Å². The Morgan fingerprint density at radius 1 is 1.08 bits per heavy atom. The number of rotatable bonds is 3. The van der Waals surface area contributed by atoms with Gasteiger partial charge in [0.2, 0.25) is 5.91 Å². The van der Waals surface area contributed by atoms with Crippen molar-refractivity contribution in [1.29, 1.82) is 0 Å². The lowest BCUT2D eigenvalue weighted by molar-refractivity contribution is -0.129. The van der Waals surface area contributed by atoms with Gasteiger partial charge >= 0.3 is 0 Å². The molecule has 2 amide bonds. The highest BCUT2D eigenvalue weighted by molar-refractivity contribution is 5.91. The van der Waals surface area contributed by atoms with E-state index in [1.165, 1.54) is 16.7 Å². The van der Waals surface area contributed by atoms with Crippen LogP contribution in [0.15, 0.2) is 46.9 Å². The number of β-amino-alcohol motifs (C(OH)–C–C–N with tert-alkyl or cyclic N) is 1. The van der Waals surface area contributed by atoms with E-state index in [1.807, 2.05) is 18.2 Å². The molecule has 1 aliphatic rings. The molecule has 2 aromatic rings. The van der Waals surface area contributed by atoms with Crippen LogP contribution in [0.1, 0.15) is 17.5 Å².